The minimum atomic E-state index is -0.347. The first kappa shape index (κ1) is 18.3. The summed E-state index contributed by atoms with van der Waals surface area (Å²) < 4.78 is 10.9. The van der Waals surface area contributed by atoms with Gasteiger partial charge in [-0.2, -0.15) is 0 Å². The molecule has 2 amide bonds. The zero-order valence-electron chi connectivity index (χ0n) is 14.3. The number of hydrogen-bond acceptors (Lipinski definition) is 5. The van der Waals surface area contributed by atoms with Crippen LogP contribution in [0.25, 0.3) is 0 Å². The van der Waals surface area contributed by atoms with Crippen LogP contribution >= 0.6 is 11.6 Å². The molecule has 7 nitrogen and oxygen atoms in total. The predicted molar refractivity (Wildman–Crippen MR) is 96.5 cm³/mol. The zero-order chi connectivity index (χ0) is 17.8. The fourth-order valence-corrected chi connectivity index (χ4v) is 3.26. The van der Waals surface area contributed by atoms with Crippen LogP contribution < -0.4 is 10.2 Å². The van der Waals surface area contributed by atoms with Gasteiger partial charge < -0.3 is 29.7 Å². The second-order valence-electron chi connectivity index (χ2n) is 6.33. The number of morpholine rings is 2. The number of aliphatic hydroxyl groups excluding tert-OH is 1. The maximum absolute atomic E-state index is 12.8. The Bertz CT molecular complexity index is 610. The highest BCUT2D eigenvalue weighted by Gasteiger charge is 2.30. The second kappa shape index (κ2) is 8.23. The number of anilines is 2. The van der Waals surface area contributed by atoms with Gasteiger partial charge in [-0.1, -0.05) is 11.6 Å². The molecule has 0 radical (unpaired) electrons. The maximum Gasteiger partial charge on any atom is 0.322 e. The zero-order valence-corrected chi connectivity index (χ0v) is 15.0. The van der Waals surface area contributed by atoms with Crippen molar-refractivity contribution in [1.82, 2.24) is 4.90 Å². The fraction of sp³-hybridized carbons (Fsp3) is 0.588. The van der Waals surface area contributed by atoms with E-state index in [2.05, 4.69) is 10.2 Å². The SMILES string of the molecule is C[C@@H]1CO[C@H](CO)CN1C(=O)Nc1cc(Cl)ccc1N1CCOCC1. The van der Waals surface area contributed by atoms with Crippen LogP contribution in [-0.2, 0) is 9.47 Å². The molecule has 0 spiro atoms. The molecule has 138 valence electrons. The van der Waals surface area contributed by atoms with Gasteiger partial charge in [-0.15, -0.1) is 0 Å². The lowest BCUT2D eigenvalue weighted by molar-refractivity contribution is -0.0611. The highest BCUT2D eigenvalue weighted by molar-refractivity contribution is 6.31. The number of nitrogens with zero attached hydrogens (tertiary/aromatic N) is 2. The third-order valence-electron chi connectivity index (χ3n) is 4.52. The van der Waals surface area contributed by atoms with Gasteiger partial charge in [-0.25, -0.2) is 4.79 Å². The Balaban J connectivity index is 1.76. The van der Waals surface area contributed by atoms with Crippen molar-refractivity contribution < 1.29 is 19.4 Å². The van der Waals surface area contributed by atoms with Crippen LogP contribution in [0.3, 0.4) is 0 Å². The first-order valence-electron chi connectivity index (χ1n) is 8.51. The lowest BCUT2D eigenvalue weighted by atomic mass is 10.2. The van der Waals surface area contributed by atoms with Gasteiger partial charge in [0, 0.05) is 18.1 Å². The topological polar surface area (TPSA) is 74.3 Å². The Hall–Kier alpha value is -1.54. The molecule has 2 aliphatic heterocycles. The molecule has 0 bridgehead atoms. The number of rotatable bonds is 3. The number of hydrogen-bond donors (Lipinski definition) is 2. The van der Waals surface area contributed by atoms with Crippen LogP contribution in [0.4, 0.5) is 16.2 Å². The van der Waals surface area contributed by atoms with E-state index in [9.17, 15) is 9.90 Å². The van der Waals surface area contributed by atoms with Gasteiger partial charge in [-0.3, -0.25) is 0 Å². The molecular weight excluding hydrogens is 346 g/mol. The van der Waals surface area contributed by atoms with E-state index in [1.54, 1.807) is 11.0 Å². The van der Waals surface area contributed by atoms with E-state index >= 15 is 0 Å². The Morgan fingerprint density at radius 1 is 1.40 bits per heavy atom. The van der Waals surface area contributed by atoms with Gasteiger partial charge in [0.05, 0.1) is 56.5 Å². The number of benzene rings is 1. The summed E-state index contributed by atoms with van der Waals surface area (Å²) in [5.41, 5.74) is 1.61. The van der Waals surface area contributed by atoms with E-state index < -0.39 is 0 Å². The standard InChI is InChI=1S/C17H24ClN3O4/c1-12-11-25-14(10-22)9-21(12)17(23)19-15-8-13(18)2-3-16(15)20-4-6-24-7-5-20/h2-3,8,12,14,22H,4-7,9-11H2,1H3,(H,19,23)/t12-,14+/m1/s1. The second-order valence-corrected chi connectivity index (χ2v) is 6.77. The first-order valence-corrected chi connectivity index (χ1v) is 8.88. The average Bonchev–Trinajstić information content (AvgIpc) is 2.63. The number of aliphatic hydroxyl groups is 1. The lowest BCUT2D eigenvalue weighted by Crippen LogP contribution is -2.53. The molecular formula is C17H24ClN3O4. The quantitative estimate of drug-likeness (QED) is 0.849. The largest absolute Gasteiger partial charge is 0.394 e. The fourth-order valence-electron chi connectivity index (χ4n) is 3.09. The van der Waals surface area contributed by atoms with Crippen LogP contribution in [0.15, 0.2) is 18.2 Å². The van der Waals surface area contributed by atoms with E-state index in [0.29, 0.717) is 37.1 Å². The number of amides is 2. The van der Waals surface area contributed by atoms with Crippen molar-refractivity contribution >= 4 is 29.0 Å². The van der Waals surface area contributed by atoms with Crippen LogP contribution in [0, 0.1) is 0 Å². The van der Waals surface area contributed by atoms with E-state index in [1.807, 2.05) is 19.1 Å². The molecule has 2 saturated heterocycles. The van der Waals surface area contributed by atoms with Crippen molar-refractivity contribution in [2.45, 2.75) is 19.1 Å². The van der Waals surface area contributed by atoms with Crippen LogP contribution in [-0.4, -0.2) is 74.2 Å². The minimum Gasteiger partial charge on any atom is -0.394 e. The highest BCUT2D eigenvalue weighted by atomic mass is 35.5. The van der Waals surface area contributed by atoms with Crippen LogP contribution in [0.2, 0.25) is 5.02 Å². The molecule has 25 heavy (non-hydrogen) atoms. The summed E-state index contributed by atoms with van der Waals surface area (Å²) in [5, 5.41) is 12.8. The molecule has 3 rings (SSSR count). The van der Waals surface area contributed by atoms with Crippen molar-refractivity contribution in [3.8, 4) is 0 Å². The van der Waals surface area contributed by atoms with Crippen molar-refractivity contribution in [1.29, 1.82) is 0 Å². The third kappa shape index (κ3) is 4.36. The third-order valence-corrected chi connectivity index (χ3v) is 4.76. The van der Waals surface area contributed by atoms with Gasteiger partial charge in [0.25, 0.3) is 0 Å². The minimum absolute atomic E-state index is 0.0613. The molecule has 0 unspecified atom stereocenters. The van der Waals surface area contributed by atoms with E-state index in [0.717, 1.165) is 18.8 Å². The highest BCUT2D eigenvalue weighted by Crippen LogP contribution is 2.30. The summed E-state index contributed by atoms with van der Waals surface area (Å²) in [5.74, 6) is 0. The molecule has 8 heteroatoms. The molecule has 2 fully saturated rings. The van der Waals surface area contributed by atoms with Crippen LogP contribution in [0.5, 0.6) is 0 Å². The summed E-state index contributed by atoms with van der Waals surface area (Å²) in [6.45, 7) is 5.45. The number of nitrogens with one attached hydrogen (secondary N) is 1. The first-order chi connectivity index (χ1) is 12.1. The molecule has 2 heterocycles. The molecule has 2 N–H and O–H groups in total. The molecule has 0 aliphatic carbocycles. The lowest BCUT2D eigenvalue weighted by Gasteiger charge is -2.37. The Kier molecular flexibility index (Phi) is 6.01. The number of ether oxygens (including phenoxy) is 2. The molecule has 0 saturated carbocycles. The number of carbonyl (C=O) groups is 1. The monoisotopic (exact) mass is 369 g/mol. The summed E-state index contributed by atoms with van der Waals surface area (Å²) in [6, 6.07) is 5.22. The maximum atomic E-state index is 12.8. The Morgan fingerprint density at radius 3 is 2.88 bits per heavy atom. The smallest absolute Gasteiger partial charge is 0.322 e. The van der Waals surface area contributed by atoms with E-state index in [4.69, 9.17) is 21.1 Å². The molecule has 2 atom stereocenters. The van der Waals surface area contributed by atoms with E-state index in [1.165, 1.54) is 0 Å². The average molecular weight is 370 g/mol. The molecule has 2 aliphatic rings. The molecule has 0 aromatic heterocycles. The Morgan fingerprint density at radius 2 is 2.16 bits per heavy atom. The van der Waals surface area contributed by atoms with Crippen LogP contribution in [0.1, 0.15) is 6.92 Å². The van der Waals surface area contributed by atoms with Crippen molar-refractivity contribution in [3.63, 3.8) is 0 Å². The summed E-state index contributed by atoms with van der Waals surface area (Å²) >= 11 is 6.14. The van der Waals surface area contributed by atoms with Crippen molar-refractivity contribution in [2.24, 2.45) is 0 Å². The van der Waals surface area contributed by atoms with Gasteiger partial charge in [0.2, 0.25) is 0 Å². The van der Waals surface area contributed by atoms with Gasteiger partial charge in [-0.05, 0) is 25.1 Å². The van der Waals surface area contributed by atoms with Crippen molar-refractivity contribution in [3.05, 3.63) is 23.2 Å². The normalized spacial score (nSPS) is 24.3. The Labute approximate surface area is 152 Å². The van der Waals surface area contributed by atoms with Gasteiger partial charge in [0.1, 0.15) is 0 Å². The summed E-state index contributed by atoms with van der Waals surface area (Å²) in [4.78, 5) is 16.6. The van der Waals surface area contributed by atoms with Crippen molar-refractivity contribution in [2.75, 3.05) is 56.3 Å². The summed E-state index contributed by atoms with van der Waals surface area (Å²) in [7, 11) is 0. The van der Waals surface area contributed by atoms with Gasteiger partial charge >= 0.3 is 6.03 Å². The van der Waals surface area contributed by atoms with E-state index in [-0.39, 0.29) is 24.8 Å². The number of carbonyl (C=O) groups excluding carboxylic acids is 1. The number of halogens is 1. The predicted octanol–water partition coefficient (Wildman–Crippen LogP) is 1.79. The molecule has 1 aromatic rings. The number of urea groups is 1. The molecule has 1 aromatic carbocycles. The van der Waals surface area contributed by atoms with Gasteiger partial charge in [0.15, 0.2) is 0 Å². The summed E-state index contributed by atoms with van der Waals surface area (Å²) in [6.07, 6.45) is -0.347.